The monoisotopic (exact) mass is 378 g/mol. The van der Waals surface area contributed by atoms with Crippen molar-refractivity contribution in [1.82, 2.24) is 9.88 Å². The van der Waals surface area contributed by atoms with Crippen molar-refractivity contribution >= 4 is 16.8 Å². The van der Waals surface area contributed by atoms with Crippen LogP contribution in [0.15, 0.2) is 45.7 Å². The summed E-state index contributed by atoms with van der Waals surface area (Å²) in [7, 11) is 1.77. The van der Waals surface area contributed by atoms with Crippen LogP contribution in [0.5, 0.6) is 0 Å². The van der Waals surface area contributed by atoms with Gasteiger partial charge in [0.2, 0.25) is 0 Å². The summed E-state index contributed by atoms with van der Waals surface area (Å²) in [6.07, 6.45) is 6.95. The molecule has 2 aromatic heterocycles. The molecule has 0 atom stereocenters. The van der Waals surface area contributed by atoms with Gasteiger partial charge < -0.3 is 14.3 Å². The summed E-state index contributed by atoms with van der Waals surface area (Å²) in [5, 5.41) is 1.19. The third-order valence-corrected chi connectivity index (χ3v) is 5.83. The fourth-order valence-electron chi connectivity index (χ4n) is 3.99. The van der Waals surface area contributed by atoms with Gasteiger partial charge in [0.05, 0.1) is 0 Å². The molecule has 0 bridgehead atoms. The molecule has 0 spiro atoms. The second-order valence-electron chi connectivity index (χ2n) is 7.90. The van der Waals surface area contributed by atoms with Crippen LogP contribution in [0.2, 0.25) is 0 Å². The van der Waals surface area contributed by atoms with Crippen LogP contribution in [0.4, 0.5) is 0 Å². The molecule has 1 N–H and O–H groups in total. The molecule has 28 heavy (non-hydrogen) atoms. The number of nitrogens with one attached hydrogen (secondary N) is 1. The first-order chi connectivity index (χ1) is 13.5. The summed E-state index contributed by atoms with van der Waals surface area (Å²) < 4.78 is 5.50. The van der Waals surface area contributed by atoms with E-state index in [0.717, 1.165) is 24.8 Å². The summed E-state index contributed by atoms with van der Waals surface area (Å²) in [6, 6.07) is 9.99. The number of nitrogens with zero attached hydrogens (tertiary/aromatic N) is 1. The van der Waals surface area contributed by atoms with Crippen LogP contribution in [-0.2, 0) is 12.8 Å². The Hall–Kier alpha value is -2.82. The van der Waals surface area contributed by atoms with Crippen LogP contribution in [0.3, 0.4) is 0 Å². The predicted octanol–water partition coefficient (Wildman–Crippen LogP) is 4.09. The fourth-order valence-corrected chi connectivity index (χ4v) is 3.99. The molecule has 0 saturated heterocycles. The van der Waals surface area contributed by atoms with Crippen molar-refractivity contribution in [3.05, 3.63) is 69.4 Å². The SMILES string of the molecule is Cc1cc(CCc2c[nH]c3ccccc23)oc(=O)c1C(=O)N(C)CC1CCC1. The van der Waals surface area contributed by atoms with Gasteiger partial charge in [-0.15, -0.1) is 0 Å². The van der Waals surface area contributed by atoms with E-state index in [9.17, 15) is 9.59 Å². The molecular formula is C23H26N2O3. The number of carbonyl (C=O) groups is 1. The van der Waals surface area contributed by atoms with E-state index in [0.29, 0.717) is 30.2 Å². The molecule has 4 rings (SSSR count). The van der Waals surface area contributed by atoms with Crippen molar-refractivity contribution < 1.29 is 9.21 Å². The van der Waals surface area contributed by atoms with Crippen molar-refractivity contribution in [3.8, 4) is 0 Å². The molecule has 1 aliphatic carbocycles. The maximum atomic E-state index is 12.7. The number of hydrogen-bond acceptors (Lipinski definition) is 3. The largest absolute Gasteiger partial charge is 0.427 e. The van der Waals surface area contributed by atoms with Crippen molar-refractivity contribution in [2.24, 2.45) is 5.92 Å². The molecule has 0 radical (unpaired) electrons. The Balaban J connectivity index is 1.49. The Kier molecular flexibility index (Phi) is 5.07. The lowest BCUT2D eigenvalue weighted by atomic mass is 9.85. The highest BCUT2D eigenvalue weighted by molar-refractivity contribution is 5.95. The summed E-state index contributed by atoms with van der Waals surface area (Å²) in [6.45, 7) is 2.52. The van der Waals surface area contributed by atoms with Gasteiger partial charge in [0.15, 0.2) is 0 Å². The lowest BCUT2D eigenvalue weighted by molar-refractivity contribution is 0.0739. The Morgan fingerprint density at radius 2 is 2.04 bits per heavy atom. The van der Waals surface area contributed by atoms with Gasteiger partial charge in [0, 0.05) is 37.1 Å². The minimum atomic E-state index is -0.528. The first-order valence-electron chi connectivity index (χ1n) is 9.97. The number of fused-ring (bicyclic) bond motifs is 1. The molecule has 0 aliphatic heterocycles. The topological polar surface area (TPSA) is 66.3 Å². The zero-order valence-corrected chi connectivity index (χ0v) is 16.5. The van der Waals surface area contributed by atoms with E-state index in [2.05, 4.69) is 11.1 Å². The van der Waals surface area contributed by atoms with Gasteiger partial charge in [0.25, 0.3) is 5.91 Å². The van der Waals surface area contributed by atoms with Gasteiger partial charge in [0.1, 0.15) is 11.3 Å². The molecule has 1 fully saturated rings. The number of H-pyrrole nitrogens is 1. The smallest absolute Gasteiger partial charge is 0.349 e. The maximum absolute atomic E-state index is 12.7. The quantitative estimate of drug-likeness (QED) is 0.703. The number of amides is 1. The number of carbonyl (C=O) groups excluding carboxylic acids is 1. The van der Waals surface area contributed by atoms with Gasteiger partial charge >= 0.3 is 5.63 Å². The van der Waals surface area contributed by atoms with Crippen molar-refractivity contribution in [2.75, 3.05) is 13.6 Å². The van der Waals surface area contributed by atoms with Crippen LogP contribution in [0.25, 0.3) is 10.9 Å². The Morgan fingerprint density at radius 1 is 1.25 bits per heavy atom. The Morgan fingerprint density at radius 3 is 2.75 bits per heavy atom. The minimum absolute atomic E-state index is 0.165. The minimum Gasteiger partial charge on any atom is -0.427 e. The summed E-state index contributed by atoms with van der Waals surface area (Å²) in [5.74, 6) is 0.948. The second kappa shape index (κ2) is 7.66. The van der Waals surface area contributed by atoms with E-state index in [4.69, 9.17) is 4.42 Å². The summed E-state index contributed by atoms with van der Waals surface area (Å²) in [5.41, 5.74) is 2.62. The average Bonchev–Trinajstić information content (AvgIpc) is 3.05. The average molecular weight is 378 g/mol. The molecule has 2 heterocycles. The molecule has 1 aliphatic rings. The molecule has 1 saturated carbocycles. The van der Waals surface area contributed by atoms with E-state index in [1.54, 1.807) is 11.9 Å². The number of aryl methyl sites for hydroxylation is 3. The van der Waals surface area contributed by atoms with E-state index in [1.807, 2.05) is 37.4 Å². The molecular weight excluding hydrogens is 352 g/mol. The molecule has 5 nitrogen and oxygen atoms in total. The third kappa shape index (κ3) is 3.61. The van der Waals surface area contributed by atoms with Crippen LogP contribution in [0.1, 0.15) is 46.5 Å². The van der Waals surface area contributed by atoms with E-state index < -0.39 is 5.63 Å². The van der Waals surface area contributed by atoms with E-state index >= 15 is 0 Å². The first kappa shape index (κ1) is 18.5. The highest BCUT2D eigenvalue weighted by Crippen LogP contribution is 2.27. The Labute approximate surface area is 164 Å². The highest BCUT2D eigenvalue weighted by Gasteiger charge is 2.25. The van der Waals surface area contributed by atoms with Crippen LogP contribution in [0, 0.1) is 12.8 Å². The molecule has 146 valence electrons. The highest BCUT2D eigenvalue weighted by atomic mass is 16.4. The number of rotatable bonds is 6. The van der Waals surface area contributed by atoms with Gasteiger partial charge in [-0.25, -0.2) is 4.79 Å². The van der Waals surface area contributed by atoms with Crippen molar-refractivity contribution in [1.29, 1.82) is 0 Å². The fraction of sp³-hybridized carbons (Fsp3) is 0.391. The summed E-state index contributed by atoms with van der Waals surface area (Å²) >= 11 is 0. The van der Waals surface area contributed by atoms with Gasteiger partial charge in [-0.1, -0.05) is 24.6 Å². The third-order valence-electron chi connectivity index (χ3n) is 5.83. The maximum Gasteiger partial charge on any atom is 0.349 e. The number of para-hydroxylation sites is 1. The first-order valence-corrected chi connectivity index (χ1v) is 9.97. The number of hydrogen-bond donors (Lipinski definition) is 1. The standard InChI is InChI=1S/C23H26N2O3/c1-15-12-18(11-10-17-13-24-20-9-4-3-8-19(17)20)28-23(27)21(15)22(26)25(2)14-16-6-5-7-16/h3-4,8-9,12-13,16,24H,5-7,10-11,14H2,1-2H3. The molecule has 0 unspecified atom stereocenters. The number of aromatic nitrogens is 1. The van der Waals surface area contributed by atoms with Crippen molar-refractivity contribution in [2.45, 2.75) is 39.0 Å². The molecule has 5 heteroatoms. The molecule has 1 aromatic carbocycles. The number of aromatic amines is 1. The lowest BCUT2D eigenvalue weighted by Gasteiger charge is -2.30. The number of benzene rings is 1. The van der Waals surface area contributed by atoms with Gasteiger partial charge in [-0.05, 0) is 55.4 Å². The van der Waals surface area contributed by atoms with Crippen LogP contribution < -0.4 is 5.63 Å². The Bertz CT molecular complexity index is 1060. The second-order valence-corrected chi connectivity index (χ2v) is 7.90. The lowest BCUT2D eigenvalue weighted by Crippen LogP contribution is -2.37. The van der Waals surface area contributed by atoms with Crippen LogP contribution >= 0.6 is 0 Å². The molecule has 1 amide bonds. The van der Waals surface area contributed by atoms with E-state index in [1.165, 1.54) is 17.4 Å². The van der Waals surface area contributed by atoms with Crippen LogP contribution in [-0.4, -0.2) is 29.4 Å². The van der Waals surface area contributed by atoms with Crippen molar-refractivity contribution in [3.63, 3.8) is 0 Å². The zero-order chi connectivity index (χ0) is 19.7. The normalized spacial score (nSPS) is 14.2. The molecule has 3 aromatic rings. The zero-order valence-electron chi connectivity index (χ0n) is 16.5. The van der Waals surface area contributed by atoms with E-state index in [-0.39, 0.29) is 11.5 Å². The predicted molar refractivity (Wildman–Crippen MR) is 110 cm³/mol. The summed E-state index contributed by atoms with van der Waals surface area (Å²) in [4.78, 5) is 30.2. The van der Waals surface area contributed by atoms with Gasteiger partial charge in [-0.3, -0.25) is 4.79 Å². The van der Waals surface area contributed by atoms with Gasteiger partial charge in [-0.2, -0.15) is 0 Å².